The van der Waals surface area contributed by atoms with Crippen LogP contribution in [-0.2, 0) is 32.7 Å². The number of ether oxygens (including phenoxy) is 1. The van der Waals surface area contributed by atoms with Gasteiger partial charge in [0.05, 0.1) is 12.7 Å². The number of rotatable bonds is 8. The van der Waals surface area contributed by atoms with E-state index in [1.54, 1.807) is 17.5 Å². The molecule has 158 valence electrons. The summed E-state index contributed by atoms with van der Waals surface area (Å²) in [7, 11) is -3.43. The predicted molar refractivity (Wildman–Crippen MR) is 114 cm³/mol. The van der Waals surface area contributed by atoms with Crippen molar-refractivity contribution in [3.63, 3.8) is 0 Å². The van der Waals surface area contributed by atoms with Crippen LogP contribution in [0.2, 0.25) is 0 Å². The van der Waals surface area contributed by atoms with E-state index in [-0.39, 0.29) is 17.9 Å². The van der Waals surface area contributed by atoms with E-state index < -0.39 is 10.0 Å². The van der Waals surface area contributed by atoms with Crippen LogP contribution in [0.1, 0.15) is 37.8 Å². The number of hydrogen-bond donors (Lipinski definition) is 1. The van der Waals surface area contributed by atoms with Crippen molar-refractivity contribution < 1.29 is 17.9 Å². The van der Waals surface area contributed by atoms with Crippen LogP contribution in [0.4, 0.5) is 0 Å². The Balaban J connectivity index is 1.45. The highest BCUT2D eigenvalue weighted by atomic mass is 32.2. The molecule has 1 amide bonds. The highest BCUT2D eigenvalue weighted by Gasteiger charge is 2.32. The number of nitrogens with zero attached hydrogens (tertiary/aromatic N) is 1. The van der Waals surface area contributed by atoms with Crippen LogP contribution in [0.25, 0.3) is 0 Å². The molecule has 0 spiro atoms. The van der Waals surface area contributed by atoms with Crippen molar-refractivity contribution in [2.24, 2.45) is 5.92 Å². The highest BCUT2D eigenvalue weighted by molar-refractivity contribution is 7.91. The maximum absolute atomic E-state index is 12.6. The van der Waals surface area contributed by atoms with Gasteiger partial charge in [-0.05, 0) is 49.3 Å². The van der Waals surface area contributed by atoms with Gasteiger partial charge in [0.2, 0.25) is 5.91 Å². The van der Waals surface area contributed by atoms with Gasteiger partial charge in [0.1, 0.15) is 4.21 Å². The summed E-state index contributed by atoms with van der Waals surface area (Å²) in [4.78, 5) is 12.5. The first-order valence-corrected chi connectivity index (χ1v) is 12.2. The first-order chi connectivity index (χ1) is 13.9. The Morgan fingerprint density at radius 3 is 2.41 bits per heavy atom. The lowest BCUT2D eigenvalue weighted by molar-refractivity contribution is -0.126. The van der Waals surface area contributed by atoms with Crippen LogP contribution < -0.4 is 5.32 Å². The van der Waals surface area contributed by atoms with Crippen LogP contribution in [0.3, 0.4) is 0 Å². The first kappa shape index (κ1) is 22.0. The van der Waals surface area contributed by atoms with E-state index in [4.69, 9.17) is 4.74 Å². The molecule has 6 nitrogen and oxygen atoms in total. The zero-order chi connectivity index (χ0) is 20.9. The van der Waals surface area contributed by atoms with Gasteiger partial charge < -0.3 is 10.1 Å². The van der Waals surface area contributed by atoms with Crippen molar-refractivity contribution in [2.75, 3.05) is 13.1 Å². The number of benzene rings is 1. The molecule has 2 heterocycles. The van der Waals surface area contributed by atoms with E-state index >= 15 is 0 Å². The second-order valence-corrected chi connectivity index (χ2v) is 10.6. The molecule has 1 aromatic heterocycles. The third kappa shape index (κ3) is 5.88. The Hall–Kier alpha value is -1.74. The molecule has 3 rings (SSSR count). The molecule has 0 atom stereocenters. The van der Waals surface area contributed by atoms with Gasteiger partial charge in [0.25, 0.3) is 10.0 Å². The SMILES string of the molecule is CC(C)OCc1ccc(CNC(=O)C2CCN(S(=O)(=O)c3cccs3)CC2)cc1. The Kier molecular flexibility index (Phi) is 7.45. The largest absolute Gasteiger partial charge is 0.374 e. The zero-order valence-corrected chi connectivity index (χ0v) is 18.5. The van der Waals surface area contributed by atoms with Crippen LogP contribution in [0.5, 0.6) is 0 Å². The molecule has 0 radical (unpaired) electrons. The zero-order valence-electron chi connectivity index (χ0n) is 16.8. The summed E-state index contributed by atoms with van der Waals surface area (Å²) in [6.45, 7) is 5.82. The highest BCUT2D eigenvalue weighted by Crippen LogP contribution is 2.26. The van der Waals surface area contributed by atoms with Gasteiger partial charge in [-0.15, -0.1) is 11.3 Å². The van der Waals surface area contributed by atoms with Gasteiger partial charge in [0.15, 0.2) is 0 Å². The molecule has 1 saturated heterocycles. The number of piperidine rings is 1. The second-order valence-electron chi connectivity index (χ2n) is 7.50. The van der Waals surface area contributed by atoms with Crippen LogP contribution in [0, 0.1) is 5.92 Å². The van der Waals surface area contributed by atoms with Gasteiger partial charge in [-0.3, -0.25) is 4.79 Å². The van der Waals surface area contributed by atoms with Gasteiger partial charge in [-0.2, -0.15) is 4.31 Å². The molecule has 1 aromatic carbocycles. The minimum Gasteiger partial charge on any atom is -0.374 e. The van der Waals surface area contributed by atoms with E-state index in [9.17, 15) is 13.2 Å². The average Bonchev–Trinajstić information content (AvgIpc) is 3.27. The fourth-order valence-electron chi connectivity index (χ4n) is 3.25. The molecule has 2 aromatic rings. The van der Waals surface area contributed by atoms with Gasteiger partial charge in [0, 0.05) is 25.6 Å². The fraction of sp³-hybridized carbons (Fsp3) is 0.476. The summed E-state index contributed by atoms with van der Waals surface area (Å²) < 4.78 is 32.6. The smallest absolute Gasteiger partial charge is 0.252 e. The van der Waals surface area contributed by atoms with Crippen molar-refractivity contribution in [1.29, 1.82) is 0 Å². The van der Waals surface area contributed by atoms with E-state index in [1.165, 1.54) is 15.6 Å². The molecule has 29 heavy (non-hydrogen) atoms. The predicted octanol–water partition coefficient (Wildman–Crippen LogP) is 3.39. The number of carbonyl (C=O) groups excluding carboxylic acids is 1. The summed E-state index contributed by atoms with van der Waals surface area (Å²) in [5.74, 6) is -0.158. The summed E-state index contributed by atoms with van der Waals surface area (Å²) in [6, 6.07) is 11.4. The molecule has 1 aliphatic heterocycles. The Bertz CT molecular complexity index is 885. The monoisotopic (exact) mass is 436 g/mol. The lowest BCUT2D eigenvalue weighted by Gasteiger charge is -2.30. The van der Waals surface area contributed by atoms with Crippen molar-refractivity contribution in [1.82, 2.24) is 9.62 Å². The number of nitrogens with one attached hydrogen (secondary N) is 1. The normalized spacial score (nSPS) is 16.2. The summed E-state index contributed by atoms with van der Waals surface area (Å²) in [5, 5.41) is 4.74. The lowest BCUT2D eigenvalue weighted by atomic mass is 9.97. The number of amides is 1. The molecule has 0 bridgehead atoms. The van der Waals surface area contributed by atoms with Gasteiger partial charge >= 0.3 is 0 Å². The average molecular weight is 437 g/mol. The van der Waals surface area contributed by atoms with Crippen LogP contribution in [0.15, 0.2) is 46.0 Å². The summed E-state index contributed by atoms with van der Waals surface area (Å²) in [5.41, 5.74) is 2.14. The molecule has 8 heteroatoms. The topological polar surface area (TPSA) is 75.7 Å². The molecular formula is C21H28N2O4S2. The minimum absolute atomic E-state index is 0.00890. The molecule has 1 N–H and O–H groups in total. The van der Waals surface area contributed by atoms with Crippen molar-refractivity contribution in [3.8, 4) is 0 Å². The van der Waals surface area contributed by atoms with E-state index in [0.717, 1.165) is 11.1 Å². The Labute approximate surface area is 176 Å². The number of thiophene rings is 1. The maximum Gasteiger partial charge on any atom is 0.252 e. The molecular weight excluding hydrogens is 408 g/mol. The third-order valence-electron chi connectivity index (χ3n) is 4.99. The second kappa shape index (κ2) is 9.84. The minimum atomic E-state index is -3.43. The first-order valence-electron chi connectivity index (χ1n) is 9.87. The van der Waals surface area contributed by atoms with Crippen LogP contribution in [-0.4, -0.2) is 37.8 Å². The van der Waals surface area contributed by atoms with E-state index in [0.29, 0.717) is 43.3 Å². The van der Waals surface area contributed by atoms with Crippen molar-refractivity contribution >= 4 is 27.3 Å². The van der Waals surface area contributed by atoms with Crippen LogP contribution >= 0.6 is 11.3 Å². The Morgan fingerprint density at radius 1 is 1.17 bits per heavy atom. The molecule has 0 saturated carbocycles. The summed E-state index contributed by atoms with van der Waals surface area (Å²) >= 11 is 1.22. The Morgan fingerprint density at radius 2 is 1.83 bits per heavy atom. The molecule has 0 aliphatic carbocycles. The summed E-state index contributed by atoms with van der Waals surface area (Å²) in [6.07, 6.45) is 1.28. The fourth-order valence-corrected chi connectivity index (χ4v) is 5.86. The molecule has 0 unspecified atom stereocenters. The lowest BCUT2D eigenvalue weighted by Crippen LogP contribution is -2.42. The number of hydrogen-bond acceptors (Lipinski definition) is 5. The number of carbonyl (C=O) groups is 1. The number of sulfonamides is 1. The van der Waals surface area contributed by atoms with E-state index in [1.807, 2.05) is 38.1 Å². The quantitative estimate of drug-likeness (QED) is 0.688. The van der Waals surface area contributed by atoms with Crippen molar-refractivity contribution in [2.45, 2.75) is 50.2 Å². The van der Waals surface area contributed by atoms with E-state index in [2.05, 4.69) is 5.32 Å². The van der Waals surface area contributed by atoms with Gasteiger partial charge in [-0.25, -0.2) is 8.42 Å². The standard InChI is InChI=1S/C21H28N2O4S2/c1-16(2)27-15-18-7-5-17(6-8-18)14-22-21(24)19-9-11-23(12-10-19)29(25,26)20-4-3-13-28-20/h3-8,13,16,19H,9-12,14-15H2,1-2H3,(H,22,24). The third-order valence-corrected chi connectivity index (χ3v) is 8.26. The molecule has 1 fully saturated rings. The van der Waals surface area contributed by atoms with Crippen molar-refractivity contribution in [3.05, 3.63) is 52.9 Å². The molecule has 1 aliphatic rings. The maximum atomic E-state index is 12.6. The van der Waals surface area contributed by atoms with Gasteiger partial charge in [-0.1, -0.05) is 30.3 Å².